The van der Waals surface area contributed by atoms with Crippen molar-refractivity contribution >= 4 is 11.8 Å². The second-order valence-electron chi connectivity index (χ2n) is 7.46. The number of hydrogen-bond donors (Lipinski definition) is 0. The SMILES string of the molecule is Cc1cnc(C(=O)N2Cc3cc(C(=O)N4CCCC4)ccc3OC[C@@H]2C)cn1. The number of carbonyl (C=O) groups excluding carboxylic acids is 2. The second kappa shape index (κ2) is 7.58. The van der Waals surface area contributed by atoms with Crippen LogP contribution in [0.4, 0.5) is 0 Å². The van der Waals surface area contributed by atoms with Gasteiger partial charge in [-0.3, -0.25) is 14.6 Å². The molecule has 0 unspecified atom stereocenters. The quantitative estimate of drug-likeness (QED) is 0.800. The molecule has 146 valence electrons. The van der Waals surface area contributed by atoms with Gasteiger partial charge in [-0.25, -0.2) is 4.98 Å². The topological polar surface area (TPSA) is 75.6 Å². The Balaban J connectivity index is 1.60. The number of carbonyl (C=O) groups is 2. The van der Waals surface area contributed by atoms with Crippen LogP contribution in [0, 0.1) is 6.92 Å². The summed E-state index contributed by atoms with van der Waals surface area (Å²) < 4.78 is 5.90. The fourth-order valence-electron chi connectivity index (χ4n) is 3.64. The van der Waals surface area contributed by atoms with Gasteiger partial charge < -0.3 is 14.5 Å². The number of hydrogen-bond acceptors (Lipinski definition) is 5. The van der Waals surface area contributed by atoms with Gasteiger partial charge in [0.2, 0.25) is 0 Å². The fraction of sp³-hybridized carbons (Fsp3) is 0.429. The van der Waals surface area contributed by atoms with Crippen LogP contribution in [0.15, 0.2) is 30.6 Å². The van der Waals surface area contributed by atoms with Gasteiger partial charge in [-0.15, -0.1) is 0 Å². The van der Waals surface area contributed by atoms with Crippen molar-refractivity contribution in [2.45, 2.75) is 39.3 Å². The second-order valence-corrected chi connectivity index (χ2v) is 7.46. The lowest BCUT2D eigenvalue weighted by molar-refractivity contribution is 0.0639. The van der Waals surface area contributed by atoms with Gasteiger partial charge in [-0.1, -0.05) is 0 Å². The fourth-order valence-corrected chi connectivity index (χ4v) is 3.64. The lowest BCUT2D eigenvalue weighted by Gasteiger charge is -2.26. The number of benzene rings is 1. The lowest BCUT2D eigenvalue weighted by Crippen LogP contribution is -2.40. The highest BCUT2D eigenvalue weighted by atomic mass is 16.5. The Labute approximate surface area is 164 Å². The molecule has 28 heavy (non-hydrogen) atoms. The number of ether oxygens (including phenoxy) is 1. The predicted molar refractivity (Wildman–Crippen MR) is 103 cm³/mol. The first-order valence-electron chi connectivity index (χ1n) is 9.67. The van der Waals surface area contributed by atoms with Crippen LogP contribution in [0.5, 0.6) is 5.75 Å². The van der Waals surface area contributed by atoms with Crippen LogP contribution in [0.3, 0.4) is 0 Å². The summed E-state index contributed by atoms with van der Waals surface area (Å²) in [5, 5.41) is 0. The van der Waals surface area contributed by atoms with E-state index in [4.69, 9.17) is 4.74 Å². The minimum atomic E-state index is -0.187. The van der Waals surface area contributed by atoms with E-state index in [-0.39, 0.29) is 17.9 Å². The standard InChI is InChI=1S/C21H24N4O3/c1-14-10-23-18(11-22-14)21(27)25-12-17-9-16(20(26)24-7-3-4-8-24)5-6-19(17)28-13-15(25)2/h5-6,9-11,15H,3-4,7-8,12-13H2,1-2H3/t15-/m0/s1. The molecule has 4 rings (SSSR count). The molecule has 1 fully saturated rings. The maximum absolute atomic E-state index is 13.0. The molecule has 2 aromatic rings. The number of nitrogens with zero attached hydrogens (tertiary/aromatic N) is 4. The molecule has 2 aliphatic heterocycles. The molecular weight excluding hydrogens is 356 g/mol. The Morgan fingerprint density at radius 3 is 2.61 bits per heavy atom. The number of amides is 2. The highest BCUT2D eigenvalue weighted by Crippen LogP contribution is 2.28. The third kappa shape index (κ3) is 3.56. The molecule has 1 saturated heterocycles. The monoisotopic (exact) mass is 380 g/mol. The van der Waals surface area contributed by atoms with E-state index in [2.05, 4.69) is 9.97 Å². The molecule has 3 heterocycles. The Bertz CT molecular complexity index is 891. The first-order valence-corrected chi connectivity index (χ1v) is 9.67. The Kier molecular flexibility index (Phi) is 4.98. The number of fused-ring (bicyclic) bond motifs is 1. The molecule has 7 nitrogen and oxygen atoms in total. The third-order valence-corrected chi connectivity index (χ3v) is 5.31. The van der Waals surface area contributed by atoms with Crippen LogP contribution in [-0.4, -0.2) is 57.3 Å². The van der Waals surface area contributed by atoms with E-state index in [1.54, 1.807) is 11.1 Å². The van der Waals surface area contributed by atoms with Crippen molar-refractivity contribution in [2.24, 2.45) is 0 Å². The zero-order chi connectivity index (χ0) is 19.7. The molecule has 0 radical (unpaired) electrons. The van der Waals surface area contributed by atoms with E-state index in [9.17, 15) is 9.59 Å². The molecule has 0 aliphatic carbocycles. The van der Waals surface area contributed by atoms with E-state index in [1.807, 2.05) is 36.9 Å². The van der Waals surface area contributed by atoms with Crippen LogP contribution >= 0.6 is 0 Å². The van der Waals surface area contributed by atoms with Crippen LogP contribution in [0.1, 0.15) is 51.9 Å². The van der Waals surface area contributed by atoms with Gasteiger partial charge >= 0.3 is 0 Å². The van der Waals surface area contributed by atoms with Gasteiger partial charge in [0.25, 0.3) is 11.8 Å². The Morgan fingerprint density at radius 2 is 1.89 bits per heavy atom. The highest BCUT2D eigenvalue weighted by molar-refractivity contribution is 5.95. The minimum absolute atomic E-state index is 0.0415. The molecule has 2 aliphatic rings. The van der Waals surface area contributed by atoms with Gasteiger partial charge in [0.1, 0.15) is 18.1 Å². The van der Waals surface area contributed by atoms with Gasteiger partial charge in [0.15, 0.2) is 0 Å². The molecular formula is C21H24N4O3. The van der Waals surface area contributed by atoms with Crippen molar-refractivity contribution in [3.05, 3.63) is 53.1 Å². The summed E-state index contributed by atoms with van der Waals surface area (Å²) in [6.45, 7) is 6.14. The zero-order valence-electron chi connectivity index (χ0n) is 16.2. The van der Waals surface area contributed by atoms with Crippen molar-refractivity contribution in [3.8, 4) is 5.75 Å². The number of rotatable bonds is 2. The van der Waals surface area contributed by atoms with Crippen molar-refractivity contribution in [1.82, 2.24) is 19.8 Å². The summed E-state index contributed by atoms with van der Waals surface area (Å²) in [5.74, 6) is 0.572. The van der Waals surface area contributed by atoms with E-state index < -0.39 is 0 Å². The summed E-state index contributed by atoms with van der Waals surface area (Å²) in [5.41, 5.74) is 2.55. The summed E-state index contributed by atoms with van der Waals surface area (Å²) in [7, 11) is 0. The zero-order valence-corrected chi connectivity index (χ0v) is 16.2. The molecule has 0 N–H and O–H groups in total. The van der Waals surface area contributed by atoms with E-state index in [0.717, 1.165) is 42.9 Å². The number of aryl methyl sites for hydroxylation is 1. The average molecular weight is 380 g/mol. The van der Waals surface area contributed by atoms with Gasteiger partial charge in [0, 0.05) is 30.4 Å². The van der Waals surface area contributed by atoms with Crippen LogP contribution in [0.25, 0.3) is 0 Å². The summed E-state index contributed by atoms with van der Waals surface area (Å²) in [6.07, 6.45) is 5.20. The number of likely N-dealkylation sites (tertiary alicyclic amines) is 1. The van der Waals surface area contributed by atoms with Gasteiger partial charge in [-0.05, 0) is 44.9 Å². The molecule has 1 atom stereocenters. The van der Waals surface area contributed by atoms with E-state index >= 15 is 0 Å². The smallest absolute Gasteiger partial charge is 0.274 e. The summed E-state index contributed by atoms with van der Waals surface area (Å²) in [4.78, 5) is 37.8. The molecule has 2 amide bonds. The van der Waals surface area contributed by atoms with Crippen molar-refractivity contribution < 1.29 is 14.3 Å². The first-order chi connectivity index (χ1) is 13.5. The first kappa shape index (κ1) is 18.4. The maximum atomic E-state index is 13.0. The molecule has 0 saturated carbocycles. The number of aromatic nitrogens is 2. The summed E-state index contributed by atoms with van der Waals surface area (Å²) in [6, 6.07) is 5.38. The molecule has 0 spiro atoms. The predicted octanol–water partition coefficient (Wildman–Crippen LogP) is 2.44. The maximum Gasteiger partial charge on any atom is 0.274 e. The Morgan fingerprint density at radius 1 is 1.11 bits per heavy atom. The van der Waals surface area contributed by atoms with E-state index in [0.29, 0.717) is 24.4 Å². The molecule has 0 bridgehead atoms. The van der Waals surface area contributed by atoms with Crippen LogP contribution < -0.4 is 4.74 Å². The Hall–Kier alpha value is -2.96. The largest absolute Gasteiger partial charge is 0.491 e. The van der Waals surface area contributed by atoms with Gasteiger partial charge in [-0.2, -0.15) is 0 Å². The molecule has 1 aromatic carbocycles. The van der Waals surface area contributed by atoms with Crippen LogP contribution in [-0.2, 0) is 6.54 Å². The van der Waals surface area contributed by atoms with Gasteiger partial charge in [0.05, 0.1) is 24.5 Å². The molecule has 1 aromatic heterocycles. The van der Waals surface area contributed by atoms with Crippen LogP contribution in [0.2, 0.25) is 0 Å². The van der Waals surface area contributed by atoms with Crippen molar-refractivity contribution in [2.75, 3.05) is 19.7 Å². The van der Waals surface area contributed by atoms with Crippen molar-refractivity contribution in [3.63, 3.8) is 0 Å². The summed E-state index contributed by atoms with van der Waals surface area (Å²) >= 11 is 0. The average Bonchev–Trinajstić information content (AvgIpc) is 3.19. The normalized spacial score (nSPS) is 19.0. The van der Waals surface area contributed by atoms with Crippen molar-refractivity contribution in [1.29, 1.82) is 0 Å². The third-order valence-electron chi connectivity index (χ3n) is 5.31. The van der Waals surface area contributed by atoms with E-state index in [1.165, 1.54) is 6.20 Å². The lowest BCUT2D eigenvalue weighted by atomic mass is 10.1. The minimum Gasteiger partial charge on any atom is -0.491 e. The highest BCUT2D eigenvalue weighted by Gasteiger charge is 2.28. The molecule has 7 heteroatoms.